The number of rotatable bonds is 6. The highest BCUT2D eigenvalue weighted by Crippen LogP contribution is 2.25. The van der Waals surface area contributed by atoms with Gasteiger partial charge in [0.25, 0.3) is 0 Å². The van der Waals surface area contributed by atoms with Gasteiger partial charge in [-0.3, -0.25) is 4.79 Å². The number of nitrogens with zero attached hydrogens (tertiary/aromatic N) is 3. The van der Waals surface area contributed by atoms with Crippen LogP contribution in [0.2, 0.25) is 0 Å². The van der Waals surface area contributed by atoms with E-state index in [9.17, 15) is 4.79 Å². The van der Waals surface area contributed by atoms with E-state index in [1.54, 1.807) is 0 Å². The van der Waals surface area contributed by atoms with Crippen molar-refractivity contribution in [3.05, 3.63) is 65.2 Å². The van der Waals surface area contributed by atoms with E-state index in [4.69, 9.17) is 0 Å². The number of thioether (sulfide) groups is 1. The van der Waals surface area contributed by atoms with Gasteiger partial charge in [0, 0.05) is 18.2 Å². The number of carbonyl (C=O) groups is 1. The minimum absolute atomic E-state index is 0.105. The lowest BCUT2D eigenvalue weighted by atomic mass is 10.1. The van der Waals surface area contributed by atoms with Gasteiger partial charge in [0.05, 0.1) is 5.75 Å². The van der Waals surface area contributed by atoms with Crippen LogP contribution < -0.4 is 0 Å². The van der Waals surface area contributed by atoms with Gasteiger partial charge in [-0.2, -0.15) is 0 Å². The molecule has 0 aliphatic carbocycles. The molecule has 0 fully saturated rings. The minimum atomic E-state index is 0.105. The van der Waals surface area contributed by atoms with Crippen molar-refractivity contribution in [2.24, 2.45) is 7.05 Å². The Morgan fingerprint density at radius 2 is 1.80 bits per heavy atom. The maximum atomic E-state index is 12.4. The molecule has 2 aromatic carbocycles. The first-order valence-corrected chi connectivity index (χ1v) is 9.29. The van der Waals surface area contributed by atoms with Gasteiger partial charge < -0.3 is 4.57 Å². The Kier molecular flexibility index (Phi) is 5.34. The van der Waals surface area contributed by atoms with Crippen LogP contribution >= 0.6 is 11.8 Å². The number of hydrogen-bond donors (Lipinski definition) is 0. The Balaban J connectivity index is 1.71. The molecule has 0 spiro atoms. The number of carbonyl (C=O) groups excluding carboxylic acids is 1. The van der Waals surface area contributed by atoms with Gasteiger partial charge in [-0.15, -0.1) is 10.2 Å². The molecule has 0 bridgehead atoms. The molecule has 0 unspecified atom stereocenters. The maximum Gasteiger partial charge on any atom is 0.191 e. The smallest absolute Gasteiger partial charge is 0.191 e. The van der Waals surface area contributed by atoms with Crippen molar-refractivity contribution in [1.82, 2.24) is 14.8 Å². The lowest BCUT2D eigenvalue weighted by Crippen LogP contribution is -2.04. The predicted octanol–water partition coefficient (Wildman–Crippen LogP) is 4.33. The number of ketones is 1. The van der Waals surface area contributed by atoms with E-state index in [0.29, 0.717) is 5.75 Å². The van der Waals surface area contributed by atoms with Crippen LogP contribution in [0.25, 0.3) is 11.4 Å². The Morgan fingerprint density at radius 3 is 2.48 bits per heavy atom. The predicted molar refractivity (Wildman–Crippen MR) is 102 cm³/mol. The first-order chi connectivity index (χ1) is 12.1. The highest BCUT2D eigenvalue weighted by Gasteiger charge is 2.14. The molecule has 128 valence electrons. The fourth-order valence-electron chi connectivity index (χ4n) is 2.64. The Labute approximate surface area is 152 Å². The normalized spacial score (nSPS) is 10.8. The molecule has 3 rings (SSSR count). The molecule has 0 saturated heterocycles. The average Bonchev–Trinajstić information content (AvgIpc) is 3.00. The quantitative estimate of drug-likeness (QED) is 0.490. The summed E-state index contributed by atoms with van der Waals surface area (Å²) < 4.78 is 1.94. The Hall–Kier alpha value is -2.40. The first-order valence-electron chi connectivity index (χ1n) is 8.30. The standard InChI is InChI=1S/C20H21N3OS/c1-4-15-9-11-16(12-10-15)18(24)13-25-20-22-21-19(23(20)3)17-8-6-5-7-14(17)2/h5-12H,4,13H2,1-3H3. The van der Waals surface area contributed by atoms with Gasteiger partial charge in [-0.1, -0.05) is 67.2 Å². The van der Waals surface area contributed by atoms with Gasteiger partial charge in [0.1, 0.15) is 0 Å². The SMILES string of the molecule is CCc1ccc(C(=O)CSc2nnc(-c3ccccc3C)n2C)cc1. The summed E-state index contributed by atoms with van der Waals surface area (Å²) in [5, 5.41) is 9.30. The number of aryl methyl sites for hydroxylation is 2. The third-order valence-corrected chi connectivity index (χ3v) is 5.26. The van der Waals surface area contributed by atoms with E-state index < -0.39 is 0 Å². The van der Waals surface area contributed by atoms with Gasteiger partial charge in [0.2, 0.25) is 0 Å². The monoisotopic (exact) mass is 351 g/mol. The number of aromatic nitrogens is 3. The second kappa shape index (κ2) is 7.66. The minimum Gasteiger partial charge on any atom is -0.305 e. The van der Waals surface area contributed by atoms with E-state index in [1.807, 2.05) is 54.1 Å². The van der Waals surface area contributed by atoms with Gasteiger partial charge >= 0.3 is 0 Å². The Morgan fingerprint density at radius 1 is 1.08 bits per heavy atom. The molecule has 4 nitrogen and oxygen atoms in total. The molecule has 0 aliphatic rings. The topological polar surface area (TPSA) is 47.8 Å². The summed E-state index contributed by atoms with van der Waals surface area (Å²) in [5.41, 5.74) is 4.19. The molecule has 1 heterocycles. The molecule has 0 atom stereocenters. The highest BCUT2D eigenvalue weighted by atomic mass is 32.2. The summed E-state index contributed by atoms with van der Waals surface area (Å²) >= 11 is 1.42. The van der Waals surface area contributed by atoms with Crippen LogP contribution in [0.3, 0.4) is 0 Å². The van der Waals surface area contributed by atoms with Crippen molar-refractivity contribution in [3.8, 4) is 11.4 Å². The van der Waals surface area contributed by atoms with Gasteiger partial charge in [0.15, 0.2) is 16.8 Å². The first kappa shape index (κ1) is 17.4. The molecule has 3 aromatic rings. The zero-order valence-electron chi connectivity index (χ0n) is 14.7. The zero-order valence-corrected chi connectivity index (χ0v) is 15.5. The number of hydrogen-bond acceptors (Lipinski definition) is 4. The van der Waals surface area contributed by atoms with Crippen LogP contribution in [0.1, 0.15) is 28.4 Å². The van der Waals surface area contributed by atoms with Gasteiger partial charge in [-0.05, 0) is 24.5 Å². The summed E-state index contributed by atoms with van der Waals surface area (Å²) in [5.74, 6) is 1.28. The molecule has 0 saturated carbocycles. The molecule has 0 aliphatic heterocycles. The van der Waals surface area contributed by atoms with E-state index in [1.165, 1.54) is 17.3 Å². The van der Waals surface area contributed by atoms with Crippen LogP contribution in [0.5, 0.6) is 0 Å². The van der Waals surface area contributed by atoms with Crippen LogP contribution in [0.4, 0.5) is 0 Å². The van der Waals surface area contributed by atoms with Crippen molar-refractivity contribution < 1.29 is 4.79 Å². The van der Waals surface area contributed by atoms with E-state index in [0.717, 1.165) is 34.1 Å². The van der Waals surface area contributed by atoms with Crippen LogP contribution in [0, 0.1) is 6.92 Å². The second-order valence-electron chi connectivity index (χ2n) is 5.94. The molecule has 0 N–H and O–H groups in total. The van der Waals surface area contributed by atoms with Crippen molar-refractivity contribution >= 4 is 17.5 Å². The fraction of sp³-hybridized carbons (Fsp3) is 0.250. The zero-order chi connectivity index (χ0) is 17.8. The van der Waals surface area contributed by atoms with Crippen LogP contribution in [-0.2, 0) is 13.5 Å². The van der Waals surface area contributed by atoms with Crippen molar-refractivity contribution in [2.45, 2.75) is 25.4 Å². The van der Waals surface area contributed by atoms with Crippen molar-refractivity contribution in [3.63, 3.8) is 0 Å². The molecule has 5 heteroatoms. The number of Topliss-reactive ketones (excluding diaryl/α,β-unsaturated/α-hetero) is 1. The summed E-state index contributed by atoms with van der Waals surface area (Å²) in [4.78, 5) is 12.4. The van der Waals surface area contributed by atoms with E-state index in [-0.39, 0.29) is 5.78 Å². The molecular formula is C20H21N3OS. The van der Waals surface area contributed by atoms with Crippen molar-refractivity contribution in [1.29, 1.82) is 0 Å². The maximum absolute atomic E-state index is 12.4. The summed E-state index contributed by atoms with van der Waals surface area (Å²) in [7, 11) is 1.94. The average molecular weight is 351 g/mol. The van der Waals surface area contributed by atoms with E-state index >= 15 is 0 Å². The molecule has 1 aromatic heterocycles. The third kappa shape index (κ3) is 3.82. The molecule has 0 radical (unpaired) electrons. The third-order valence-electron chi connectivity index (χ3n) is 4.24. The number of benzene rings is 2. The van der Waals surface area contributed by atoms with Crippen molar-refractivity contribution in [2.75, 3.05) is 5.75 Å². The van der Waals surface area contributed by atoms with E-state index in [2.05, 4.69) is 30.1 Å². The lowest BCUT2D eigenvalue weighted by molar-refractivity contribution is 0.102. The van der Waals surface area contributed by atoms with Crippen LogP contribution in [-0.4, -0.2) is 26.3 Å². The summed E-state index contributed by atoms with van der Waals surface area (Å²) in [6.45, 7) is 4.16. The largest absolute Gasteiger partial charge is 0.305 e. The Bertz CT molecular complexity index is 884. The highest BCUT2D eigenvalue weighted by molar-refractivity contribution is 7.99. The summed E-state index contributed by atoms with van der Waals surface area (Å²) in [6, 6.07) is 15.9. The van der Waals surface area contributed by atoms with Crippen LogP contribution in [0.15, 0.2) is 53.7 Å². The molecule has 25 heavy (non-hydrogen) atoms. The van der Waals surface area contributed by atoms with Gasteiger partial charge in [-0.25, -0.2) is 0 Å². The lowest BCUT2D eigenvalue weighted by Gasteiger charge is -2.06. The second-order valence-corrected chi connectivity index (χ2v) is 6.88. The molecule has 0 amide bonds. The fourth-order valence-corrected chi connectivity index (χ4v) is 3.44. The molecular weight excluding hydrogens is 330 g/mol. The summed E-state index contributed by atoms with van der Waals surface area (Å²) in [6.07, 6.45) is 0.976.